The van der Waals surface area contributed by atoms with Crippen LogP contribution in [0.2, 0.25) is 0 Å². The highest BCUT2D eigenvalue weighted by molar-refractivity contribution is 5.95. The van der Waals surface area contributed by atoms with Crippen LogP contribution < -0.4 is 10.6 Å². The third kappa shape index (κ3) is 4.77. The average Bonchev–Trinajstić information content (AvgIpc) is 3.13. The summed E-state index contributed by atoms with van der Waals surface area (Å²) in [6, 6.07) is 16.1. The van der Waals surface area contributed by atoms with Crippen LogP contribution in [0.3, 0.4) is 0 Å². The molecule has 0 spiro atoms. The Morgan fingerprint density at radius 3 is 2.71 bits per heavy atom. The van der Waals surface area contributed by atoms with Crippen LogP contribution in [0.5, 0.6) is 0 Å². The zero-order chi connectivity index (χ0) is 21.8. The molecule has 3 aromatic rings. The molecule has 0 atom stereocenters. The van der Waals surface area contributed by atoms with Crippen LogP contribution >= 0.6 is 0 Å². The standard InChI is InChI=1S/C24H27N5O2/c1-16-6-5-9-19(14-16)22-17(2)27-28-23(22)26-21(30)10-12-25-24(31)29-13-11-18-7-3-4-8-20(18)15-29/h3-9,14H,10-13,15H2,1-2H3,(H,25,31)(H2,26,27,28,30). The van der Waals surface area contributed by atoms with E-state index in [2.05, 4.69) is 39.0 Å². The highest BCUT2D eigenvalue weighted by Crippen LogP contribution is 2.30. The summed E-state index contributed by atoms with van der Waals surface area (Å²) in [5, 5.41) is 12.9. The molecule has 0 fully saturated rings. The van der Waals surface area contributed by atoms with Crippen LogP contribution in [-0.2, 0) is 17.8 Å². The first-order valence-electron chi connectivity index (χ1n) is 10.5. The number of hydrogen-bond acceptors (Lipinski definition) is 3. The van der Waals surface area contributed by atoms with Crippen LogP contribution in [0.1, 0.15) is 28.8 Å². The van der Waals surface area contributed by atoms with Crippen molar-refractivity contribution in [1.29, 1.82) is 0 Å². The molecule has 3 N–H and O–H groups in total. The maximum absolute atomic E-state index is 12.5. The molecule has 0 bridgehead atoms. The van der Waals surface area contributed by atoms with E-state index in [1.54, 1.807) is 4.90 Å². The number of carbonyl (C=O) groups is 2. The number of urea groups is 1. The third-order valence-electron chi connectivity index (χ3n) is 5.56. The summed E-state index contributed by atoms with van der Waals surface area (Å²) in [4.78, 5) is 26.7. The molecule has 2 aromatic carbocycles. The first kappa shape index (κ1) is 20.7. The fraction of sp³-hybridized carbons (Fsp3) is 0.292. The molecule has 0 radical (unpaired) electrons. The fourth-order valence-corrected chi connectivity index (χ4v) is 3.93. The molecule has 7 heteroatoms. The number of aryl methyl sites for hydroxylation is 2. The van der Waals surface area contributed by atoms with Crippen LogP contribution in [0.4, 0.5) is 10.6 Å². The molecule has 160 valence electrons. The van der Waals surface area contributed by atoms with Gasteiger partial charge in [-0.25, -0.2) is 4.79 Å². The lowest BCUT2D eigenvalue weighted by atomic mass is 10.0. The molecule has 0 unspecified atom stereocenters. The first-order chi connectivity index (χ1) is 15.0. The van der Waals surface area contributed by atoms with Crippen molar-refractivity contribution in [2.75, 3.05) is 18.4 Å². The Labute approximate surface area is 181 Å². The minimum atomic E-state index is -0.190. The summed E-state index contributed by atoms with van der Waals surface area (Å²) in [5.41, 5.74) is 6.38. The molecule has 4 rings (SSSR count). The second-order valence-electron chi connectivity index (χ2n) is 7.91. The fourth-order valence-electron chi connectivity index (χ4n) is 3.93. The normalized spacial score (nSPS) is 12.9. The molecule has 3 amide bonds. The molecular weight excluding hydrogens is 390 g/mol. The molecule has 0 saturated carbocycles. The van der Waals surface area contributed by atoms with E-state index in [0.717, 1.165) is 28.8 Å². The first-order valence-corrected chi connectivity index (χ1v) is 10.5. The van der Waals surface area contributed by atoms with Gasteiger partial charge in [0.05, 0.1) is 0 Å². The summed E-state index contributed by atoms with van der Waals surface area (Å²) in [5.74, 6) is 0.316. The number of fused-ring (bicyclic) bond motifs is 1. The van der Waals surface area contributed by atoms with E-state index < -0.39 is 0 Å². The molecule has 2 heterocycles. The molecule has 1 aliphatic heterocycles. The van der Waals surface area contributed by atoms with Gasteiger partial charge in [-0.2, -0.15) is 5.10 Å². The van der Waals surface area contributed by atoms with Crippen molar-refractivity contribution in [3.8, 4) is 11.1 Å². The predicted molar refractivity (Wildman–Crippen MR) is 121 cm³/mol. The maximum Gasteiger partial charge on any atom is 0.317 e. The summed E-state index contributed by atoms with van der Waals surface area (Å²) in [7, 11) is 0. The number of hydrogen-bond donors (Lipinski definition) is 3. The van der Waals surface area contributed by atoms with E-state index in [9.17, 15) is 9.59 Å². The maximum atomic E-state index is 12.5. The van der Waals surface area contributed by atoms with E-state index >= 15 is 0 Å². The average molecular weight is 418 g/mol. The lowest BCUT2D eigenvalue weighted by Crippen LogP contribution is -2.43. The van der Waals surface area contributed by atoms with Crippen LogP contribution in [0, 0.1) is 13.8 Å². The quantitative estimate of drug-likeness (QED) is 0.590. The molecular formula is C24H27N5O2. The van der Waals surface area contributed by atoms with Gasteiger partial charge in [-0.15, -0.1) is 0 Å². The van der Waals surface area contributed by atoms with E-state index in [-0.39, 0.29) is 24.9 Å². The van der Waals surface area contributed by atoms with Gasteiger partial charge in [-0.3, -0.25) is 9.89 Å². The monoisotopic (exact) mass is 417 g/mol. The van der Waals surface area contributed by atoms with Gasteiger partial charge in [0.15, 0.2) is 5.82 Å². The number of amides is 3. The zero-order valence-electron chi connectivity index (χ0n) is 17.9. The zero-order valence-corrected chi connectivity index (χ0v) is 17.9. The molecule has 7 nitrogen and oxygen atoms in total. The van der Waals surface area contributed by atoms with Gasteiger partial charge in [-0.1, -0.05) is 54.1 Å². The molecule has 0 saturated heterocycles. The minimum absolute atomic E-state index is 0.140. The van der Waals surface area contributed by atoms with Gasteiger partial charge >= 0.3 is 6.03 Å². The number of rotatable bonds is 5. The van der Waals surface area contributed by atoms with Gasteiger partial charge in [0.2, 0.25) is 5.91 Å². The minimum Gasteiger partial charge on any atom is -0.337 e. The number of carbonyl (C=O) groups excluding carboxylic acids is 2. The van der Waals surface area contributed by atoms with Gasteiger partial charge in [-0.05, 0) is 37.0 Å². The van der Waals surface area contributed by atoms with Crippen molar-refractivity contribution < 1.29 is 9.59 Å². The van der Waals surface area contributed by atoms with Crippen molar-refractivity contribution in [1.82, 2.24) is 20.4 Å². The van der Waals surface area contributed by atoms with Crippen molar-refractivity contribution in [2.45, 2.75) is 33.2 Å². The van der Waals surface area contributed by atoms with Gasteiger partial charge in [0, 0.05) is 37.3 Å². The molecule has 0 aliphatic carbocycles. The summed E-state index contributed by atoms with van der Waals surface area (Å²) in [6.45, 7) is 5.51. The van der Waals surface area contributed by atoms with Crippen molar-refractivity contribution in [3.05, 3.63) is 70.9 Å². The Kier molecular flexibility index (Phi) is 6.02. The van der Waals surface area contributed by atoms with Crippen molar-refractivity contribution in [3.63, 3.8) is 0 Å². The van der Waals surface area contributed by atoms with Crippen LogP contribution in [0.25, 0.3) is 11.1 Å². The topological polar surface area (TPSA) is 90.1 Å². The number of benzene rings is 2. The Morgan fingerprint density at radius 1 is 1.10 bits per heavy atom. The Bertz CT molecular complexity index is 1100. The highest BCUT2D eigenvalue weighted by atomic mass is 16.2. The Morgan fingerprint density at radius 2 is 1.90 bits per heavy atom. The molecule has 1 aromatic heterocycles. The second kappa shape index (κ2) is 9.04. The number of H-pyrrole nitrogens is 1. The summed E-state index contributed by atoms with van der Waals surface area (Å²) < 4.78 is 0. The Hall–Kier alpha value is -3.61. The van der Waals surface area contributed by atoms with Crippen molar-refractivity contribution in [2.24, 2.45) is 0 Å². The molecule has 1 aliphatic rings. The number of nitrogens with zero attached hydrogens (tertiary/aromatic N) is 2. The van der Waals surface area contributed by atoms with E-state index in [1.807, 2.05) is 44.2 Å². The van der Waals surface area contributed by atoms with Crippen LogP contribution in [0.15, 0.2) is 48.5 Å². The van der Waals surface area contributed by atoms with Gasteiger partial charge < -0.3 is 15.5 Å². The Balaban J connectivity index is 1.30. The summed E-state index contributed by atoms with van der Waals surface area (Å²) in [6.07, 6.45) is 1.03. The lowest BCUT2D eigenvalue weighted by molar-refractivity contribution is -0.116. The predicted octanol–water partition coefficient (Wildman–Crippen LogP) is 3.79. The third-order valence-corrected chi connectivity index (χ3v) is 5.56. The van der Waals surface area contributed by atoms with Crippen molar-refractivity contribution >= 4 is 17.8 Å². The summed E-state index contributed by atoms with van der Waals surface area (Å²) >= 11 is 0. The number of anilines is 1. The number of nitrogens with one attached hydrogen (secondary N) is 3. The highest BCUT2D eigenvalue weighted by Gasteiger charge is 2.20. The van der Waals surface area contributed by atoms with Crippen LogP contribution in [-0.4, -0.2) is 40.1 Å². The number of aromatic amines is 1. The largest absolute Gasteiger partial charge is 0.337 e. The van der Waals surface area contributed by atoms with Gasteiger partial charge in [0.1, 0.15) is 0 Å². The second-order valence-corrected chi connectivity index (χ2v) is 7.91. The number of aromatic nitrogens is 2. The van der Waals surface area contributed by atoms with E-state index in [4.69, 9.17) is 0 Å². The lowest BCUT2D eigenvalue weighted by Gasteiger charge is -2.28. The van der Waals surface area contributed by atoms with E-state index in [1.165, 1.54) is 11.1 Å². The molecule has 31 heavy (non-hydrogen) atoms. The van der Waals surface area contributed by atoms with Gasteiger partial charge in [0.25, 0.3) is 0 Å². The van der Waals surface area contributed by atoms with E-state index in [0.29, 0.717) is 18.9 Å². The smallest absolute Gasteiger partial charge is 0.317 e. The SMILES string of the molecule is Cc1cccc(-c2c(NC(=O)CCNC(=O)N3CCc4ccccc4C3)n[nH]c2C)c1.